The Balaban J connectivity index is 1.58. The van der Waals surface area contributed by atoms with Gasteiger partial charge in [0, 0.05) is 50.0 Å². The molecule has 46 heavy (non-hydrogen) atoms. The first-order chi connectivity index (χ1) is 22.2. The summed E-state index contributed by atoms with van der Waals surface area (Å²) in [6.45, 7) is 6.88. The summed E-state index contributed by atoms with van der Waals surface area (Å²) in [5, 5.41) is 15.8. The largest absolute Gasteiger partial charge is 0.490 e. The van der Waals surface area contributed by atoms with Crippen LogP contribution in [0.3, 0.4) is 0 Å². The Labute approximate surface area is 273 Å². The molecule has 4 amide bonds. The summed E-state index contributed by atoms with van der Waals surface area (Å²) in [6, 6.07) is 13.3. The van der Waals surface area contributed by atoms with Crippen LogP contribution < -0.4 is 15.4 Å². The molecule has 10 nitrogen and oxygen atoms in total. The zero-order valence-corrected chi connectivity index (χ0v) is 27.9. The smallest absolute Gasteiger partial charge is 0.323 e. The van der Waals surface area contributed by atoms with E-state index in [2.05, 4.69) is 10.6 Å². The molecule has 1 aliphatic carbocycles. The Bertz CT molecular complexity index is 1280. The Morgan fingerprint density at radius 2 is 1.67 bits per heavy atom. The number of aliphatic hydroxyl groups is 1. The molecule has 252 valence electrons. The van der Waals surface area contributed by atoms with Gasteiger partial charge in [0.15, 0.2) is 0 Å². The molecule has 2 aliphatic rings. The van der Waals surface area contributed by atoms with Crippen LogP contribution in [0.1, 0.15) is 82.5 Å². The number of ether oxygens (including phenoxy) is 2. The molecule has 10 heteroatoms. The number of hydrogen-bond donors (Lipinski definition) is 3. The van der Waals surface area contributed by atoms with E-state index in [9.17, 15) is 19.5 Å². The molecule has 0 bridgehead atoms. The highest BCUT2D eigenvalue weighted by atomic mass is 16.5. The molecule has 2 aromatic carbocycles. The van der Waals surface area contributed by atoms with E-state index in [0.717, 1.165) is 44.9 Å². The number of likely N-dealkylation sites (N-methyl/N-ethyl adjacent to an activating group) is 1. The van der Waals surface area contributed by atoms with Crippen molar-refractivity contribution in [3.63, 3.8) is 0 Å². The minimum atomic E-state index is -0.492. The number of carbonyl (C=O) groups excluding carboxylic acids is 3. The van der Waals surface area contributed by atoms with Crippen molar-refractivity contribution in [1.82, 2.24) is 9.80 Å². The summed E-state index contributed by atoms with van der Waals surface area (Å²) >= 11 is 0. The van der Waals surface area contributed by atoms with Crippen molar-refractivity contribution in [2.24, 2.45) is 11.8 Å². The van der Waals surface area contributed by atoms with E-state index in [1.165, 1.54) is 6.42 Å². The maximum atomic E-state index is 14.3. The molecule has 4 atom stereocenters. The van der Waals surface area contributed by atoms with Gasteiger partial charge in [0.2, 0.25) is 5.91 Å². The average Bonchev–Trinajstić information content (AvgIpc) is 3.06. The van der Waals surface area contributed by atoms with Gasteiger partial charge in [-0.05, 0) is 76.3 Å². The normalized spacial score (nSPS) is 22.5. The lowest BCUT2D eigenvalue weighted by Crippen LogP contribution is -2.48. The van der Waals surface area contributed by atoms with Crippen LogP contribution in [0.2, 0.25) is 0 Å². The quantitative estimate of drug-likeness (QED) is 0.335. The Hall–Kier alpha value is -3.63. The van der Waals surface area contributed by atoms with Gasteiger partial charge in [-0.2, -0.15) is 0 Å². The maximum Gasteiger partial charge on any atom is 0.323 e. The van der Waals surface area contributed by atoms with E-state index in [1.807, 2.05) is 44.0 Å². The van der Waals surface area contributed by atoms with E-state index in [1.54, 1.807) is 42.2 Å². The Morgan fingerprint density at radius 1 is 0.978 bits per heavy atom. The molecule has 0 spiro atoms. The molecule has 0 unspecified atom stereocenters. The average molecular weight is 637 g/mol. The number of para-hydroxylation sites is 1. The van der Waals surface area contributed by atoms with Crippen LogP contribution >= 0.6 is 0 Å². The second-order valence-corrected chi connectivity index (χ2v) is 13.0. The number of carbonyl (C=O) groups is 3. The Kier molecular flexibility index (Phi) is 13.3. The second kappa shape index (κ2) is 17.3. The summed E-state index contributed by atoms with van der Waals surface area (Å²) < 4.78 is 12.7. The lowest BCUT2D eigenvalue weighted by molar-refractivity contribution is -0.137. The van der Waals surface area contributed by atoms with Crippen LogP contribution in [0, 0.1) is 11.8 Å². The van der Waals surface area contributed by atoms with Gasteiger partial charge in [0.1, 0.15) is 5.75 Å². The first-order valence-electron chi connectivity index (χ1n) is 16.9. The van der Waals surface area contributed by atoms with E-state index < -0.39 is 12.1 Å². The van der Waals surface area contributed by atoms with Crippen molar-refractivity contribution in [1.29, 1.82) is 0 Å². The van der Waals surface area contributed by atoms with Crippen LogP contribution in [0.5, 0.6) is 5.75 Å². The fourth-order valence-corrected chi connectivity index (χ4v) is 6.30. The van der Waals surface area contributed by atoms with Crippen LogP contribution in [0.15, 0.2) is 48.5 Å². The zero-order chi connectivity index (χ0) is 33.1. The Morgan fingerprint density at radius 3 is 2.39 bits per heavy atom. The number of urea groups is 1. The van der Waals surface area contributed by atoms with E-state index in [0.29, 0.717) is 42.4 Å². The van der Waals surface area contributed by atoms with Crippen LogP contribution in [0.4, 0.5) is 16.2 Å². The van der Waals surface area contributed by atoms with Crippen molar-refractivity contribution < 1.29 is 29.0 Å². The number of fused-ring (bicyclic) bond motifs is 1. The third-order valence-corrected chi connectivity index (χ3v) is 9.13. The molecule has 1 saturated carbocycles. The first-order valence-corrected chi connectivity index (χ1v) is 16.9. The van der Waals surface area contributed by atoms with Gasteiger partial charge in [-0.15, -0.1) is 0 Å². The highest BCUT2D eigenvalue weighted by Gasteiger charge is 2.32. The monoisotopic (exact) mass is 636 g/mol. The van der Waals surface area contributed by atoms with Gasteiger partial charge in [-0.25, -0.2) is 4.79 Å². The standard InChI is InChI=1S/C36H52N4O6/c1-25-22-40(26(2)24-41)35(43)31-21-30(38-36(44)37-29-16-9-6-10-17-29)18-19-32(31)46-27(3)13-11-12-20-45-33(25)23-39(4)34(42)28-14-7-5-8-15-28/h6,9-10,16-19,21,25-28,33,41H,5,7-8,11-15,20,22-24H2,1-4H3,(H2,37,38,44)/t25-,26-,27-,33-/m0/s1. The van der Waals surface area contributed by atoms with Gasteiger partial charge >= 0.3 is 6.03 Å². The van der Waals surface area contributed by atoms with E-state index in [-0.39, 0.29) is 42.5 Å². The minimum Gasteiger partial charge on any atom is -0.490 e. The number of anilines is 2. The second-order valence-electron chi connectivity index (χ2n) is 13.0. The predicted molar refractivity (Wildman–Crippen MR) is 180 cm³/mol. The van der Waals surface area contributed by atoms with Crippen LogP contribution in [-0.4, -0.2) is 84.4 Å². The first kappa shape index (κ1) is 35.2. The molecule has 0 aromatic heterocycles. The fraction of sp³-hybridized carbons (Fsp3) is 0.583. The van der Waals surface area contributed by atoms with Gasteiger partial charge in [-0.3, -0.25) is 9.59 Å². The summed E-state index contributed by atoms with van der Waals surface area (Å²) in [5.41, 5.74) is 1.38. The fourth-order valence-electron chi connectivity index (χ4n) is 6.30. The molecular formula is C36H52N4O6. The number of nitrogens with one attached hydrogen (secondary N) is 2. The summed E-state index contributed by atoms with van der Waals surface area (Å²) in [7, 11) is 1.86. The van der Waals surface area contributed by atoms with Gasteiger partial charge < -0.3 is 35.0 Å². The zero-order valence-electron chi connectivity index (χ0n) is 27.9. The molecule has 4 rings (SSSR count). The van der Waals surface area contributed by atoms with Crippen molar-refractivity contribution >= 4 is 29.2 Å². The third-order valence-electron chi connectivity index (χ3n) is 9.13. The van der Waals surface area contributed by atoms with Crippen molar-refractivity contribution in [3.8, 4) is 5.75 Å². The molecule has 0 saturated heterocycles. The van der Waals surface area contributed by atoms with Crippen molar-refractivity contribution in [2.45, 2.75) is 90.4 Å². The van der Waals surface area contributed by atoms with E-state index in [4.69, 9.17) is 9.47 Å². The summed E-state index contributed by atoms with van der Waals surface area (Å²) in [6.07, 6.45) is 7.30. The van der Waals surface area contributed by atoms with Crippen molar-refractivity contribution in [3.05, 3.63) is 54.1 Å². The maximum absolute atomic E-state index is 14.3. The van der Waals surface area contributed by atoms with Gasteiger partial charge in [0.25, 0.3) is 5.91 Å². The van der Waals surface area contributed by atoms with Gasteiger partial charge in [0.05, 0.1) is 30.4 Å². The number of benzene rings is 2. The number of amides is 4. The number of aliphatic hydroxyl groups excluding tert-OH is 1. The molecule has 1 aliphatic heterocycles. The SMILES string of the molecule is C[C@H]1CCCCO[C@@H](CN(C)C(=O)C2CCCCC2)[C@@H](C)CN([C@@H](C)CO)C(=O)c2cc(NC(=O)Nc3ccccc3)ccc2O1. The number of nitrogens with zero attached hydrogens (tertiary/aromatic N) is 2. The topological polar surface area (TPSA) is 120 Å². The molecule has 2 aromatic rings. The minimum absolute atomic E-state index is 0.0654. The van der Waals surface area contributed by atoms with Crippen LogP contribution in [-0.2, 0) is 9.53 Å². The summed E-state index contributed by atoms with van der Waals surface area (Å²) in [4.78, 5) is 43.9. The highest BCUT2D eigenvalue weighted by molar-refractivity contribution is 6.02. The van der Waals surface area contributed by atoms with Gasteiger partial charge in [-0.1, -0.05) is 44.4 Å². The lowest BCUT2D eigenvalue weighted by Gasteiger charge is -2.36. The predicted octanol–water partition coefficient (Wildman–Crippen LogP) is 6.16. The molecule has 3 N–H and O–H groups in total. The van der Waals surface area contributed by atoms with Crippen LogP contribution in [0.25, 0.3) is 0 Å². The lowest BCUT2D eigenvalue weighted by atomic mass is 9.88. The number of hydrogen-bond acceptors (Lipinski definition) is 6. The summed E-state index contributed by atoms with van der Waals surface area (Å²) in [5.74, 6) is 0.212. The molecular weight excluding hydrogens is 584 g/mol. The number of rotatable bonds is 7. The third kappa shape index (κ3) is 9.93. The molecule has 1 fully saturated rings. The van der Waals surface area contributed by atoms with E-state index >= 15 is 0 Å². The molecule has 0 radical (unpaired) electrons. The molecule has 1 heterocycles. The highest BCUT2D eigenvalue weighted by Crippen LogP contribution is 2.29. The van der Waals surface area contributed by atoms with Crippen molar-refractivity contribution in [2.75, 3.05) is 44.0 Å².